The predicted octanol–water partition coefficient (Wildman–Crippen LogP) is 6.94. The number of aliphatic hydroxyl groups is 1. The number of anilines is 1. The number of carbonyl (C=O) groups is 2. The van der Waals surface area contributed by atoms with Gasteiger partial charge < -0.3 is 15.2 Å². The van der Waals surface area contributed by atoms with Gasteiger partial charge in [0.15, 0.2) is 0 Å². The summed E-state index contributed by atoms with van der Waals surface area (Å²) in [6.45, 7) is 6.62. The smallest absolute Gasteiger partial charge is 0.245 e. The number of carbonyl (C=O) groups excluding carboxylic acids is 2. The topological polar surface area (TPSA) is 105 Å². The minimum atomic E-state index is -0.505. The van der Waals surface area contributed by atoms with Crippen molar-refractivity contribution in [3.63, 3.8) is 0 Å². The second kappa shape index (κ2) is 13.4. The lowest BCUT2D eigenvalue weighted by molar-refractivity contribution is -0.125. The van der Waals surface area contributed by atoms with Crippen LogP contribution in [0.4, 0.5) is 5.82 Å². The molecule has 246 valence electrons. The first-order chi connectivity index (χ1) is 22.1. The number of pyridine rings is 1. The molecule has 0 spiro atoms. The molecule has 4 aliphatic carbocycles. The Bertz CT molecular complexity index is 1540. The van der Waals surface area contributed by atoms with Gasteiger partial charge in [-0.1, -0.05) is 26.0 Å². The van der Waals surface area contributed by atoms with Crippen LogP contribution in [0.3, 0.4) is 0 Å². The van der Waals surface area contributed by atoms with Gasteiger partial charge in [0.2, 0.25) is 11.8 Å². The van der Waals surface area contributed by atoms with Gasteiger partial charge >= 0.3 is 0 Å². The maximum absolute atomic E-state index is 14.5. The van der Waals surface area contributed by atoms with Gasteiger partial charge in [-0.05, 0) is 117 Å². The molecule has 9 heteroatoms. The fraction of sp³-hybridized carbons (Fsp3) is 0.568. The number of aromatic nitrogens is 2. The van der Waals surface area contributed by atoms with Crippen molar-refractivity contribution in [2.24, 2.45) is 11.3 Å². The standard InChI is InChI=1S/C37H48N4O4S/c1-24(2)34-39-21-31(46-34)27-11-18-38-32(20-27)41(35(44)26-5-8-29(9-6-26)40-33(43)22-42)23-36-12-15-37(16-13-36,17-14-36)28-7-10-30(45-4)25(3)19-28/h7,10-11,18-21,24,26,29,42H,5-6,8-9,12-17,22-23H2,1-4H3,(H,40,43)/t26-,29-,36?,37?. The minimum Gasteiger partial charge on any atom is -0.496 e. The van der Waals surface area contributed by atoms with Crippen LogP contribution in [-0.4, -0.2) is 53.2 Å². The number of aliphatic hydroxyl groups excluding tert-OH is 1. The second-order valence-corrected chi connectivity index (χ2v) is 15.3. The van der Waals surface area contributed by atoms with E-state index in [1.54, 1.807) is 18.4 Å². The van der Waals surface area contributed by atoms with Gasteiger partial charge in [0, 0.05) is 36.8 Å². The number of benzene rings is 1. The Labute approximate surface area is 277 Å². The number of hydrogen-bond donors (Lipinski definition) is 2. The van der Waals surface area contributed by atoms with Gasteiger partial charge in [-0.3, -0.25) is 14.5 Å². The van der Waals surface area contributed by atoms with Crippen LogP contribution in [0, 0.1) is 18.3 Å². The van der Waals surface area contributed by atoms with E-state index in [4.69, 9.17) is 9.72 Å². The summed E-state index contributed by atoms with van der Waals surface area (Å²) in [5.41, 5.74) is 3.92. The maximum Gasteiger partial charge on any atom is 0.245 e. The van der Waals surface area contributed by atoms with Crippen molar-refractivity contribution >= 4 is 29.0 Å². The second-order valence-electron chi connectivity index (χ2n) is 14.3. The monoisotopic (exact) mass is 644 g/mol. The molecule has 7 rings (SSSR count). The molecule has 1 aromatic carbocycles. The molecule has 3 aromatic rings. The van der Waals surface area contributed by atoms with Crippen LogP contribution in [0.25, 0.3) is 10.4 Å². The molecule has 2 heterocycles. The highest BCUT2D eigenvalue weighted by Crippen LogP contribution is 2.58. The fourth-order valence-corrected chi connectivity index (χ4v) is 9.05. The van der Waals surface area contributed by atoms with Gasteiger partial charge in [-0.15, -0.1) is 11.3 Å². The Kier molecular flexibility index (Phi) is 9.53. The number of ether oxygens (including phenoxy) is 1. The number of aryl methyl sites for hydroxylation is 1. The van der Waals surface area contributed by atoms with Gasteiger partial charge in [-0.25, -0.2) is 9.97 Å². The Morgan fingerprint density at radius 3 is 2.37 bits per heavy atom. The zero-order chi connectivity index (χ0) is 32.5. The SMILES string of the molecule is COc1ccc(C23CCC(CN(c4cc(-c5cnc(C(C)C)s5)ccn4)C(=O)[C@H]4CC[C@H](NC(=O)CO)CC4)(CC2)CC3)cc1C. The summed E-state index contributed by atoms with van der Waals surface area (Å²) < 4.78 is 5.54. The van der Waals surface area contributed by atoms with E-state index in [0.29, 0.717) is 25.3 Å². The van der Waals surface area contributed by atoms with Crippen LogP contribution < -0.4 is 15.0 Å². The summed E-state index contributed by atoms with van der Waals surface area (Å²) >= 11 is 1.70. The molecule has 4 aliphatic rings. The van der Waals surface area contributed by atoms with E-state index in [0.717, 1.165) is 78.4 Å². The number of nitrogens with one attached hydrogen (secondary N) is 1. The molecule has 4 fully saturated rings. The predicted molar refractivity (Wildman–Crippen MR) is 182 cm³/mol. The first-order valence-electron chi connectivity index (χ1n) is 16.9. The lowest BCUT2D eigenvalue weighted by atomic mass is 9.51. The highest BCUT2D eigenvalue weighted by molar-refractivity contribution is 7.15. The molecular formula is C37H48N4O4S. The molecule has 0 saturated heterocycles. The van der Waals surface area contributed by atoms with E-state index in [-0.39, 0.29) is 34.6 Å². The van der Waals surface area contributed by atoms with Gasteiger partial charge in [0.25, 0.3) is 0 Å². The maximum atomic E-state index is 14.5. The molecule has 4 saturated carbocycles. The van der Waals surface area contributed by atoms with Crippen LogP contribution in [0.2, 0.25) is 0 Å². The van der Waals surface area contributed by atoms with Crippen molar-refractivity contribution in [2.45, 2.75) is 102 Å². The Balaban J connectivity index is 1.24. The van der Waals surface area contributed by atoms with E-state index in [9.17, 15) is 14.7 Å². The summed E-state index contributed by atoms with van der Waals surface area (Å²) in [6, 6.07) is 10.8. The average molecular weight is 645 g/mol. The van der Waals surface area contributed by atoms with E-state index in [2.05, 4.69) is 55.3 Å². The van der Waals surface area contributed by atoms with E-state index in [1.807, 2.05) is 23.4 Å². The number of thiazole rings is 1. The average Bonchev–Trinajstić information content (AvgIpc) is 3.59. The first-order valence-corrected chi connectivity index (χ1v) is 17.7. The number of amides is 2. The normalized spacial score (nSPS) is 25.8. The molecule has 2 amide bonds. The molecule has 0 radical (unpaired) electrons. The molecule has 0 aliphatic heterocycles. The van der Waals surface area contributed by atoms with E-state index >= 15 is 0 Å². The van der Waals surface area contributed by atoms with Crippen molar-refractivity contribution < 1.29 is 19.4 Å². The number of fused-ring (bicyclic) bond motifs is 3. The van der Waals surface area contributed by atoms with Crippen molar-refractivity contribution in [2.75, 3.05) is 25.2 Å². The number of rotatable bonds is 10. The molecule has 46 heavy (non-hydrogen) atoms. The van der Waals surface area contributed by atoms with Crippen molar-refractivity contribution in [1.82, 2.24) is 15.3 Å². The fourth-order valence-electron chi connectivity index (χ4n) is 8.13. The summed E-state index contributed by atoms with van der Waals surface area (Å²) in [4.78, 5) is 38.8. The molecule has 0 unspecified atom stereocenters. The third kappa shape index (κ3) is 6.58. The van der Waals surface area contributed by atoms with E-state index in [1.165, 1.54) is 11.1 Å². The molecular weight excluding hydrogens is 596 g/mol. The third-order valence-electron chi connectivity index (χ3n) is 11.1. The zero-order valence-electron chi connectivity index (χ0n) is 27.7. The number of hydrogen-bond acceptors (Lipinski definition) is 7. The highest BCUT2D eigenvalue weighted by atomic mass is 32.1. The van der Waals surface area contributed by atoms with Crippen LogP contribution in [0.15, 0.2) is 42.7 Å². The summed E-state index contributed by atoms with van der Waals surface area (Å²) in [5.74, 6) is 1.70. The van der Waals surface area contributed by atoms with Crippen molar-refractivity contribution in [3.8, 4) is 16.2 Å². The van der Waals surface area contributed by atoms with Crippen LogP contribution in [-0.2, 0) is 15.0 Å². The molecule has 2 bridgehead atoms. The van der Waals surface area contributed by atoms with Crippen molar-refractivity contribution in [3.05, 3.63) is 58.9 Å². The Hall–Kier alpha value is -3.30. The quantitative estimate of drug-likeness (QED) is 0.248. The summed E-state index contributed by atoms with van der Waals surface area (Å²) in [6.07, 6.45) is 13.3. The van der Waals surface area contributed by atoms with Crippen LogP contribution >= 0.6 is 11.3 Å². The minimum absolute atomic E-state index is 0.00471. The van der Waals surface area contributed by atoms with Gasteiger partial charge in [0.1, 0.15) is 18.2 Å². The molecule has 0 atom stereocenters. The van der Waals surface area contributed by atoms with Gasteiger partial charge in [-0.2, -0.15) is 0 Å². The largest absolute Gasteiger partial charge is 0.496 e. The summed E-state index contributed by atoms with van der Waals surface area (Å²) in [5, 5.41) is 13.2. The van der Waals surface area contributed by atoms with E-state index < -0.39 is 6.61 Å². The molecule has 2 N–H and O–H groups in total. The Morgan fingerprint density at radius 2 is 1.76 bits per heavy atom. The molecule has 8 nitrogen and oxygen atoms in total. The number of methoxy groups -OCH3 is 1. The number of nitrogens with zero attached hydrogens (tertiary/aromatic N) is 3. The Morgan fingerprint density at radius 1 is 1.04 bits per heavy atom. The highest BCUT2D eigenvalue weighted by Gasteiger charge is 2.51. The zero-order valence-corrected chi connectivity index (χ0v) is 28.5. The first kappa shape index (κ1) is 32.6. The molecule has 2 aromatic heterocycles. The van der Waals surface area contributed by atoms with Crippen LogP contribution in [0.1, 0.15) is 100 Å². The van der Waals surface area contributed by atoms with Gasteiger partial charge in [0.05, 0.1) is 17.0 Å². The lowest BCUT2D eigenvalue weighted by Crippen LogP contribution is -2.52. The third-order valence-corrected chi connectivity index (χ3v) is 12.4. The van der Waals surface area contributed by atoms with Crippen molar-refractivity contribution in [1.29, 1.82) is 0 Å². The van der Waals surface area contributed by atoms with Crippen LogP contribution in [0.5, 0.6) is 5.75 Å². The summed E-state index contributed by atoms with van der Waals surface area (Å²) in [7, 11) is 1.73. The lowest BCUT2D eigenvalue weighted by Gasteiger charge is -2.55.